The molecule has 0 spiro atoms. The fourth-order valence-corrected chi connectivity index (χ4v) is 2.04. The number of amidine groups is 1. The Morgan fingerprint density at radius 2 is 1.89 bits per heavy atom. The number of nitrogens with two attached hydrogens (primary N) is 1. The van der Waals surface area contributed by atoms with Crippen LogP contribution in [0.5, 0.6) is 0 Å². The first-order valence-electron chi connectivity index (χ1n) is 5.57. The first-order valence-corrected chi connectivity index (χ1v) is 5.95. The number of aromatic nitrogens is 1. The molecule has 0 aliphatic carbocycles. The van der Waals surface area contributed by atoms with Gasteiger partial charge in [-0.25, -0.2) is 4.98 Å². The molecule has 92 valence electrons. The number of hydrogen-bond donors (Lipinski definition) is 2. The van der Waals surface area contributed by atoms with Crippen molar-refractivity contribution in [2.45, 2.75) is 13.8 Å². The van der Waals surface area contributed by atoms with Crippen molar-refractivity contribution < 1.29 is 0 Å². The number of pyridine rings is 1. The summed E-state index contributed by atoms with van der Waals surface area (Å²) in [5.41, 5.74) is 9.81. The van der Waals surface area contributed by atoms with Gasteiger partial charge in [0, 0.05) is 16.3 Å². The van der Waals surface area contributed by atoms with Crippen LogP contribution in [0.2, 0.25) is 5.02 Å². The van der Waals surface area contributed by atoms with Crippen molar-refractivity contribution in [3.05, 3.63) is 52.3 Å². The number of nitrogens with zero attached hydrogens (tertiary/aromatic N) is 1. The molecule has 0 bridgehead atoms. The highest BCUT2D eigenvalue weighted by Gasteiger charge is 2.12. The van der Waals surface area contributed by atoms with Crippen LogP contribution in [-0.2, 0) is 0 Å². The van der Waals surface area contributed by atoms with Crippen LogP contribution in [0.1, 0.15) is 17.0 Å². The van der Waals surface area contributed by atoms with Crippen molar-refractivity contribution >= 4 is 17.4 Å². The third-order valence-corrected chi connectivity index (χ3v) is 3.01. The Morgan fingerprint density at radius 3 is 2.56 bits per heavy atom. The van der Waals surface area contributed by atoms with E-state index in [2.05, 4.69) is 4.98 Å². The molecule has 0 atom stereocenters. The monoisotopic (exact) mass is 259 g/mol. The SMILES string of the molecule is Cc1ccc(-c2cc(Cl)ccc2C)c(C(=N)N)n1. The van der Waals surface area contributed by atoms with Gasteiger partial charge in [0.2, 0.25) is 0 Å². The van der Waals surface area contributed by atoms with Gasteiger partial charge >= 0.3 is 0 Å². The lowest BCUT2D eigenvalue weighted by Crippen LogP contribution is -2.15. The Morgan fingerprint density at radius 1 is 1.17 bits per heavy atom. The summed E-state index contributed by atoms with van der Waals surface area (Å²) in [5, 5.41) is 8.29. The first kappa shape index (κ1) is 12.6. The second-order valence-electron chi connectivity index (χ2n) is 4.22. The zero-order chi connectivity index (χ0) is 13.3. The molecule has 4 heteroatoms. The zero-order valence-corrected chi connectivity index (χ0v) is 11.0. The minimum Gasteiger partial charge on any atom is -0.382 e. The van der Waals surface area contributed by atoms with Crippen LogP contribution in [0.4, 0.5) is 0 Å². The molecule has 1 aromatic heterocycles. The van der Waals surface area contributed by atoms with Crippen LogP contribution in [0, 0.1) is 19.3 Å². The average molecular weight is 260 g/mol. The van der Waals surface area contributed by atoms with Crippen LogP contribution in [0.25, 0.3) is 11.1 Å². The third-order valence-electron chi connectivity index (χ3n) is 2.78. The summed E-state index contributed by atoms with van der Waals surface area (Å²) in [6, 6.07) is 9.49. The molecule has 0 unspecified atom stereocenters. The lowest BCUT2D eigenvalue weighted by atomic mass is 9.98. The quantitative estimate of drug-likeness (QED) is 0.642. The van der Waals surface area contributed by atoms with E-state index >= 15 is 0 Å². The summed E-state index contributed by atoms with van der Waals surface area (Å²) in [6.07, 6.45) is 0. The molecule has 2 aromatic rings. The van der Waals surface area contributed by atoms with E-state index in [1.54, 1.807) is 0 Å². The predicted octanol–water partition coefficient (Wildman–Crippen LogP) is 3.30. The standard InChI is InChI=1S/C14H14ClN3/c1-8-3-5-10(15)7-12(8)11-6-4-9(2)18-13(11)14(16)17/h3-7H,1-2H3,(H3,16,17). The van der Waals surface area contributed by atoms with Crippen molar-refractivity contribution in [3.63, 3.8) is 0 Å². The minimum absolute atomic E-state index is 0.0342. The van der Waals surface area contributed by atoms with Crippen molar-refractivity contribution in [1.29, 1.82) is 5.41 Å². The molecule has 0 fully saturated rings. The molecule has 2 rings (SSSR count). The topological polar surface area (TPSA) is 62.8 Å². The lowest BCUT2D eigenvalue weighted by molar-refractivity contribution is 1.16. The molecule has 3 nitrogen and oxygen atoms in total. The number of nitrogens with one attached hydrogen (secondary N) is 1. The maximum atomic E-state index is 7.63. The van der Waals surface area contributed by atoms with Crippen molar-refractivity contribution in [2.24, 2.45) is 5.73 Å². The van der Waals surface area contributed by atoms with Gasteiger partial charge in [-0.15, -0.1) is 0 Å². The van der Waals surface area contributed by atoms with Crippen molar-refractivity contribution in [2.75, 3.05) is 0 Å². The van der Waals surface area contributed by atoms with Crippen molar-refractivity contribution in [1.82, 2.24) is 4.98 Å². The summed E-state index contributed by atoms with van der Waals surface area (Å²) in [7, 11) is 0. The smallest absolute Gasteiger partial charge is 0.142 e. The number of halogens is 1. The summed E-state index contributed by atoms with van der Waals surface area (Å²) in [5.74, 6) is -0.0342. The van der Waals surface area contributed by atoms with E-state index in [-0.39, 0.29) is 5.84 Å². The summed E-state index contributed by atoms with van der Waals surface area (Å²) in [4.78, 5) is 4.33. The third kappa shape index (κ3) is 2.36. The second kappa shape index (κ2) is 4.78. The molecule has 0 saturated heterocycles. The van der Waals surface area contributed by atoms with Gasteiger partial charge < -0.3 is 5.73 Å². The molecular weight excluding hydrogens is 246 g/mol. The fraction of sp³-hybridized carbons (Fsp3) is 0.143. The van der Waals surface area contributed by atoms with Gasteiger partial charge in [0.1, 0.15) is 11.5 Å². The van der Waals surface area contributed by atoms with Crippen LogP contribution in [0.3, 0.4) is 0 Å². The Kier molecular flexibility index (Phi) is 3.34. The Labute approximate surface area is 111 Å². The highest BCUT2D eigenvalue weighted by molar-refractivity contribution is 6.31. The van der Waals surface area contributed by atoms with Gasteiger partial charge in [-0.2, -0.15) is 0 Å². The van der Waals surface area contributed by atoms with Crippen LogP contribution >= 0.6 is 11.6 Å². The van der Waals surface area contributed by atoms with E-state index in [0.29, 0.717) is 10.7 Å². The highest BCUT2D eigenvalue weighted by Crippen LogP contribution is 2.28. The normalized spacial score (nSPS) is 10.4. The van der Waals surface area contributed by atoms with E-state index in [9.17, 15) is 0 Å². The number of aryl methyl sites for hydroxylation is 2. The maximum Gasteiger partial charge on any atom is 0.142 e. The van der Waals surface area contributed by atoms with E-state index in [0.717, 1.165) is 22.4 Å². The molecular formula is C14H14ClN3. The molecule has 0 aliphatic heterocycles. The van der Waals surface area contributed by atoms with Crippen molar-refractivity contribution in [3.8, 4) is 11.1 Å². The Hall–Kier alpha value is -1.87. The highest BCUT2D eigenvalue weighted by atomic mass is 35.5. The fourth-order valence-electron chi connectivity index (χ4n) is 1.86. The molecule has 0 aliphatic rings. The number of rotatable bonds is 2. The summed E-state index contributed by atoms with van der Waals surface area (Å²) >= 11 is 6.02. The predicted molar refractivity (Wildman–Crippen MR) is 75.2 cm³/mol. The molecule has 0 amide bonds. The number of nitrogen functional groups attached to an aromatic ring is 1. The van der Waals surface area contributed by atoms with Gasteiger partial charge in [0.05, 0.1) is 0 Å². The van der Waals surface area contributed by atoms with E-state index in [1.165, 1.54) is 0 Å². The second-order valence-corrected chi connectivity index (χ2v) is 4.66. The van der Waals surface area contributed by atoms with Gasteiger partial charge in [0.25, 0.3) is 0 Å². The zero-order valence-electron chi connectivity index (χ0n) is 10.3. The van der Waals surface area contributed by atoms with E-state index in [1.807, 2.05) is 44.2 Å². The summed E-state index contributed by atoms with van der Waals surface area (Å²) in [6.45, 7) is 3.87. The largest absolute Gasteiger partial charge is 0.382 e. The van der Waals surface area contributed by atoms with Crippen LogP contribution in [-0.4, -0.2) is 10.8 Å². The van der Waals surface area contributed by atoms with Crippen LogP contribution < -0.4 is 5.73 Å². The van der Waals surface area contributed by atoms with Crippen LogP contribution in [0.15, 0.2) is 30.3 Å². The molecule has 18 heavy (non-hydrogen) atoms. The summed E-state index contributed by atoms with van der Waals surface area (Å²) < 4.78 is 0. The van der Waals surface area contributed by atoms with Gasteiger partial charge in [-0.05, 0) is 43.2 Å². The number of benzene rings is 1. The first-order chi connectivity index (χ1) is 8.49. The number of hydrogen-bond acceptors (Lipinski definition) is 2. The molecule has 3 N–H and O–H groups in total. The molecule has 0 radical (unpaired) electrons. The average Bonchev–Trinajstić information content (AvgIpc) is 2.32. The van der Waals surface area contributed by atoms with Gasteiger partial charge in [-0.3, -0.25) is 5.41 Å². The molecule has 1 heterocycles. The van der Waals surface area contributed by atoms with Gasteiger partial charge in [-0.1, -0.05) is 23.7 Å². The lowest BCUT2D eigenvalue weighted by Gasteiger charge is -2.11. The molecule has 0 saturated carbocycles. The van der Waals surface area contributed by atoms with E-state index < -0.39 is 0 Å². The maximum absolute atomic E-state index is 7.63. The minimum atomic E-state index is -0.0342. The van der Waals surface area contributed by atoms with Gasteiger partial charge in [0.15, 0.2) is 0 Å². The Balaban J connectivity index is 2.70. The molecule has 1 aromatic carbocycles. The van der Waals surface area contributed by atoms with E-state index in [4.69, 9.17) is 22.7 Å². The Bertz CT molecular complexity index is 620.